The minimum Gasteiger partial charge on any atom is -0.388 e. The number of carbonyl (C=O) groups excluding carboxylic acids is 1. The van der Waals surface area contributed by atoms with E-state index < -0.39 is 11.6 Å². The molecule has 2 atom stereocenters. The molecule has 13 heavy (non-hydrogen) atoms. The van der Waals surface area contributed by atoms with E-state index in [1.54, 1.807) is 13.8 Å². The summed E-state index contributed by atoms with van der Waals surface area (Å²) in [4.78, 5) is 11.4. The van der Waals surface area contributed by atoms with Gasteiger partial charge in [0.2, 0.25) is 5.91 Å². The maximum atomic E-state index is 11.4. The zero-order valence-electron chi connectivity index (χ0n) is 7.91. The van der Waals surface area contributed by atoms with Crippen LogP contribution in [0.25, 0.3) is 0 Å². The highest BCUT2D eigenvalue weighted by atomic mass is 16.5. The normalized spacial score (nSPS) is 28.9. The Morgan fingerprint density at radius 2 is 2.23 bits per heavy atom. The lowest BCUT2D eigenvalue weighted by Crippen LogP contribution is -2.54. The summed E-state index contributed by atoms with van der Waals surface area (Å²) in [7, 11) is 0. The van der Waals surface area contributed by atoms with E-state index >= 15 is 0 Å². The predicted molar refractivity (Wildman–Crippen MR) is 47.0 cm³/mol. The molecular weight excluding hydrogens is 172 g/mol. The fraction of sp³-hybridized carbons (Fsp3) is 0.875. The monoisotopic (exact) mass is 188 g/mol. The number of nitrogens with two attached hydrogens (primary N) is 1. The second-order valence-corrected chi connectivity index (χ2v) is 3.91. The molecular formula is C8H16N2O3. The highest BCUT2D eigenvalue weighted by Crippen LogP contribution is 2.06. The minimum absolute atomic E-state index is 0.274. The maximum absolute atomic E-state index is 11.4. The van der Waals surface area contributed by atoms with E-state index in [-0.39, 0.29) is 18.6 Å². The Labute approximate surface area is 77.2 Å². The number of nitrogens with one attached hydrogen (secondary N) is 1. The summed E-state index contributed by atoms with van der Waals surface area (Å²) in [6, 6.07) is -0.324. The van der Waals surface area contributed by atoms with Crippen molar-refractivity contribution in [2.45, 2.75) is 31.5 Å². The molecule has 1 aliphatic heterocycles. The van der Waals surface area contributed by atoms with Gasteiger partial charge in [-0.3, -0.25) is 4.79 Å². The molecule has 1 rings (SSSR count). The number of aliphatic hydroxyl groups is 1. The SMILES string of the molecule is CC(C)(N)C(=O)NC1COCC1O. The van der Waals surface area contributed by atoms with Crippen molar-refractivity contribution in [1.82, 2.24) is 5.32 Å². The Kier molecular flexibility index (Phi) is 2.90. The van der Waals surface area contributed by atoms with Gasteiger partial charge < -0.3 is 20.9 Å². The van der Waals surface area contributed by atoms with Crippen molar-refractivity contribution in [3.63, 3.8) is 0 Å². The van der Waals surface area contributed by atoms with Crippen LogP contribution < -0.4 is 11.1 Å². The van der Waals surface area contributed by atoms with Crippen LogP contribution >= 0.6 is 0 Å². The van der Waals surface area contributed by atoms with Gasteiger partial charge in [-0.15, -0.1) is 0 Å². The molecule has 0 aromatic rings. The quantitative estimate of drug-likeness (QED) is 0.497. The van der Waals surface area contributed by atoms with Gasteiger partial charge >= 0.3 is 0 Å². The van der Waals surface area contributed by atoms with Gasteiger partial charge in [-0.1, -0.05) is 0 Å². The molecule has 1 saturated heterocycles. The standard InChI is InChI=1S/C8H16N2O3/c1-8(2,9)7(12)10-5-3-13-4-6(5)11/h5-6,11H,3-4,9H2,1-2H3,(H,10,12). The van der Waals surface area contributed by atoms with Crippen molar-refractivity contribution >= 4 is 5.91 Å². The van der Waals surface area contributed by atoms with Gasteiger partial charge in [0.25, 0.3) is 0 Å². The highest BCUT2D eigenvalue weighted by molar-refractivity contribution is 5.85. The van der Waals surface area contributed by atoms with Crippen LogP contribution in [0.2, 0.25) is 0 Å². The molecule has 0 bridgehead atoms. The Balaban J connectivity index is 2.45. The Hall–Kier alpha value is -0.650. The molecule has 5 nitrogen and oxygen atoms in total. The van der Waals surface area contributed by atoms with Crippen molar-refractivity contribution < 1.29 is 14.6 Å². The van der Waals surface area contributed by atoms with E-state index in [4.69, 9.17) is 10.5 Å². The lowest BCUT2D eigenvalue weighted by molar-refractivity contribution is -0.126. The van der Waals surface area contributed by atoms with Gasteiger partial charge in [-0.2, -0.15) is 0 Å². The summed E-state index contributed by atoms with van der Waals surface area (Å²) in [5, 5.41) is 12.0. The highest BCUT2D eigenvalue weighted by Gasteiger charge is 2.31. The average Bonchev–Trinajstić information content (AvgIpc) is 2.34. The number of hydrogen-bond donors (Lipinski definition) is 3. The molecule has 1 aliphatic rings. The Morgan fingerprint density at radius 3 is 2.62 bits per heavy atom. The molecule has 0 aromatic carbocycles. The van der Waals surface area contributed by atoms with Crippen molar-refractivity contribution in [3.8, 4) is 0 Å². The van der Waals surface area contributed by atoms with Crippen LogP contribution in [0.15, 0.2) is 0 Å². The van der Waals surface area contributed by atoms with Gasteiger partial charge in [-0.05, 0) is 13.8 Å². The molecule has 0 aromatic heterocycles. The Morgan fingerprint density at radius 1 is 1.62 bits per heavy atom. The molecule has 0 saturated carbocycles. The van der Waals surface area contributed by atoms with Crippen LogP contribution in [0, 0.1) is 0 Å². The number of ether oxygens (including phenoxy) is 1. The third kappa shape index (κ3) is 2.65. The minimum atomic E-state index is -0.914. The molecule has 0 spiro atoms. The zero-order valence-corrected chi connectivity index (χ0v) is 7.91. The predicted octanol–water partition coefficient (Wildman–Crippen LogP) is -1.40. The molecule has 1 fully saturated rings. The van der Waals surface area contributed by atoms with Gasteiger partial charge in [0.1, 0.15) is 0 Å². The first-order valence-corrected chi connectivity index (χ1v) is 4.27. The van der Waals surface area contributed by atoms with Crippen LogP contribution in [0.4, 0.5) is 0 Å². The summed E-state index contributed by atoms with van der Waals surface area (Å²) in [6.07, 6.45) is -0.619. The van der Waals surface area contributed by atoms with Gasteiger partial charge in [0, 0.05) is 0 Å². The fourth-order valence-electron chi connectivity index (χ4n) is 1.04. The zero-order chi connectivity index (χ0) is 10.1. The number of amides is 1. The number of carbonyl (C=O) groups is 1. The van der Waals surface area contributed by atoms with Crippen molar-refractivity contribution in [3.05, 3.63) is 0 Å². The van der Waals surface area contributed by atoms with Gasteiger partial charge in [0.15, 0.2) is 0 Å². The van der Waals surface area contributed by atoms with E-state index in [0.717, 1.165) is 0 Å². The third-order valence-electron chi connectivity index (χ3n) is 1.95. The molecule has 1 amide bonds. The van der Waals surface area contributed by atoms with Crippen LogP contribution in [0.1, 0.15) is 13.8 Å². The second kappa shape index (κ2) is 3.61. The first kappa shape index (κ1) is 10.4. The second-order valence-electron chi connectivity index (χ2n) is 3.91. The van der Waals surface area contributed by atoms with E-state index in [9.17, 15) is 9.90 Å². The summed E-state index contributed by atoms with van der Waals surface area (Å²) >= 11 is 0. The van der Waals surface area contributed by atoms with Crippen LogP contribution in [0.3, 0.4) is 0 Å². The summed E-state index contributed by atoms with van der Waals surface area (Å²) in [5.74, 6) is -0.276. The first-order valence-electron chi connectivity index (χ1n) is 4.27. The molecule has 4 N–H and O–H groups in total. The average molecular weight is 188 g/mol. The van der Waals surface area contributed by atoms with E-state index in [1.165, 1.54) is 0 Å². The Bertz CT molecular complexity index is 200. The summed E-state index contributed by atoms with van der Waals surface area (Å²) in [6.45, 7) is 3.86. The van der Waals surface area contributed by atoms with Crippen LogP contribution in [-0.2, 0) is 9.53 Å². The van der Waals surface area contributed by atoms with Crippen molar-refractivity contribution in [1.29, 1.82) is 0 Å². The molecule has 0 aliphatic carbocycles. The van der Waals surface area contributed by atoms with E-state index in [0.29, 0.717) is 6.61 Å². The van der Waals surface area contributed by atoms with Gasteiger partial charge in [0.05, 0.1) is 30.9 Å². The number of hydrogen-bond acceptors (Lipinski definition) is 4. The molecule has 5 heteroatoms. The van der Waals surface area contributed by atoms with Crippen LogP contribution in [0.5, 0.6) is 0 Å². The maximum Gasteiger partial charge on any atom is 0.239 e. The first-order chi connectivity index (χ1) is 5.91. The summed E-state index contributed by atoms with van der Waals surface area (Å²) < 4.78 is 4.98. The number of aliphatic hydroxyl groups excluding tert-OH is 1. The largest absolute Gasteiger partial charge is 0.388 e. The fourth-order valence-corrected chi connectivity index (χ4v) is 1.04. The van der Waals surface area contributed by atoms with Gasteiger partial charge in [-0.25, -0.2) is 0 Å². The van der Waals surface area contributed by atoms with E-state index in [1.807, 2.05) is 0 Å². The molecule has 2 unspecified atom stereocenters. The lowest BCUT2D eigenvalue weighted by atomic mass is 10.1. The van der Waals surface area contributed by atoms with E-state index in [2.05, 4.69) is 5.32 Å². The van der Waals surface area contributed by atoms with Crippen molar-refractivity contribution in [2.24, 2.45) is 5.73 Å². The van der Waals surface area contributed by atoms with Crippen LogP contribution in [-0.4, -0.2) is 41.9 Å². The lowest BCUT2D eigenvalue weighted by Gasteiger charge is -2.22. The summed E-state index contributed by atoms with van der Waals surface area (Å²) in [5.41, 5.74) is 4.65. The van der Waals surface area contributed by atoms with Crippen molar-refractivity contribution in [2.75, 3.05) is 13.2 Å². The molecule has 76 valence electrons. The number of rotatable bonds is 2. The topological polar surface area (TPSA) is 84.6 Å². The smallest absolute Gasteiger partial charge is 0.239 e. The molecule has 1 heterocycles. The third-order valence-corrected chi connectivity index (χ3v) is 1.95. The molecule has 0 radical (unpaired) electrons.